The second kappa shape index (κ2) is 8.76. The number of ketones is 1. The summed E-state index contributed by atoms with van der Waals surface area (Å²) >= 11 is 3.38. The lowest BCUT2D eigenvalue weighted by Gasteiger charge is -2.13. The van der Waals surface area contributed by atoms with Gasteiger partial charge in [0.15, 0.2) is 17.3 Å². The Morgan fingerprint density at radius 3 is 1.92 bits per heavy atom. The third-order valence-electron chi connectivity index (χ3n) is 3.85. The standard InChI is InChI=1S/C20H22BrNO4/c1-22(2)15-8-6-13(7-9-15)10-16(21)19(23)14-11-17(24-3)20(26-5)18(12-14)25-4/h6-12H,1-5H3/b16-10-. The molecule has 0 aliphatic rings. The number of ether oxygens (including phenoxy) is 3. The molecule has 0 amide bonds. The monoisotopic (exact) mass is 419 g/mol. The SMILES string of the molecule is COc1cc(C(=O)/C(Br)=C/c2ccc(N(C)C)cc2)cc(OC)c1OC. The maximum atomic E-state index is 12.8. The topological polar surface area (TPSA) is 48.0 Å². The van der Waals surface area contributed by atoms with E-state index in [1.807, 2.05) is 43.3 Å². The molecular formula is C20H22BrNO4. The van der Waals surface area contributed by atoms with Gasteiger partial charge < -0.3 is 19.1 Å². The zero-order valence-corrected chi connectivity index (χ0v) is 17.1. The normalized spacial score (nSPS) is 11.1. The van der Waals surface area contributed by atoms with Crippen LogP contribution in [0.1, 0.15) is 15.9 Å². The first-order valence-corrected chi connectivity index (χ1v) is 8.69. The molecule has 2 aromatic rings. The Morgan fingerprint density at radius 1 is 0.962 bits per heavy atom. The fourth-order valence-electron chi connectivity index (χ4n) is 2.43. The number of carbonyl (C=O) groups excluding carboxylic acids is 1. The number of hydrogen-bond acceptors (Lipinski definition) is 5. The zero-order chi connectivity index (χ0) is 19.3. The molecule has 6 heteroatoms. The van der Waals surface area contributed by atoms with Gasteiger partial charge in [0.25, 0.3) is 0 Å². The molecule has 0 spiro atoms. The van der Waals surface area contributed by atoms with Gasteiger partial charge in [0.1, 0.15) is 0 Å². The molecule has 0 radical (unpaired) electrons. The smallest absolute Gasteiger partial charge is 0.203 e. The van der Waals surface area contributed by atoms with E-state index in [-0.39, 0.29) is 5.78 Å². The molecule has 0 fully saturated rings. The summed E-state index contributed by atoms with van der Waals surface area (Å²) in [6.45, 7) is 0. The van der Waals surface area contributed by atoms with Gasteiger partial charge in [-0.2, -0.15) is 0 Å². The summed E-state index contributed by atoms with van der Waals surface area (Å²) in [5.74, 6) is 1.14. The van der Waals surface area contributed by atoms with Crippen LogP contribution >= 0.6 is 15.9 Å². The lowest BCUT2D eigenvalue weighted by Crippen LogP contribution is -2.08. The van der Waals surface area contributed by atoms with Gasteiger partial charge in [0, 0.05) is 25.3 Å². The molecule has 0 aliphatic carbocycles. The van der Waals surface area contributed by atoms with E-state index >= 15 is 0 Å². The van der Waals surface area contributed by atoms with Crippen LogP contribution in [0.4, 0.5) is 5.69 Å². The van der Waals surface area contributed by atoms with Crippen molar-refractivity contribution in [2.75, 3.05) is 40.3 Å². The lowest BCUT2D eigenvalue weighted by atomic mass is 10.1. The molecular weight excluding hydrogens is 398 g/mol. The predicted octanol–water partition coefficient (Wildman–Crippen LogP) is 4.40. The number of nitrogens with zero attached hydrogens (tertiary/aromatic N) is 1. The van der Waals surface area contributed by atoms with Gasteiger partial charge in [0.05, 0.1) is 25.8 Å². The largest absolute Gasteiger partial charge is 0.493 e. The molecule has 0 atom stereocenters. The van der Waals surface area contributed by atoms with Crippen LogP contribution in [-0.4, -0.2) is 41.2 Å². The quantitative estimate of drug-likeness (QED) is 0.491. The summed E-state index contributed by atoms with van der Waals surface area (Å²) in [6.07, 6.45) is 1.78. The molecule has 0 aromatic heterocycles. The number of Topliss-reactive ketones (excluding diaryl/α,β-unsaturated/α-hetero) is 1. The van der Waals surface area contributed by atoms with Crippen molar-refractivity contribution in [2.24, 2.45) is 0 Å². The highest BCUT2D eigenvalue weighted by Gasteiger charge is 2.18. The highest BCUT2D eigenvalue weighted by atomic mass is 79.9. The van der Waals surface area contributed by atoms with Crippen molar-refractivity contribution in [3.63, 3.8) is 0 Å². The van der Waals surface area contributed by atoms with Crippen LogP contribution in [0.15, 0.2) is 40.9 Å². The molecule has 138 valence electrons. The molecule has 5 nitrogen and oxygen atoms in total. The maximum Gasteiger partial charge on any atom is 0.203 e. The second-order valence-corrected chi connectivity index (χ2v) is 6.58. The minimum Gasteiger partial charge on any atom is -0.493 e. The first-order valence-electron chi connectivity index (χ1n) is 7.90. The Balaban J connectivity index is 2.35. The van der Waals surface area contributed by atoms with E-state index in [0.29, 0.717) is 27.3 Å². The Labute approximate surface area is 162 Å². The van der Waals surface area contributed by atoms with E-state index in [1.54, 1.807) is 18.2 Å². The number of benzene rings is 2. The first-order chi connectivity index (χ1) is 12.4. The molecule has 0 unspecified atom stereocenters. The Kier molecular flexibility index (Phi) is 6.69. The number of allylic oxidation sites excluding steroid dienone is 1. The minimum atomic E-state index is -0.180. The predicted molar refractivity (Wildman–Crippen MR) is 108 cm³/mol. The number of halogens is 1. The summed E-state index contributed by atoms with van der Waals surface area (Å²) in [4.78, 5) is 14.8. The number of methoxy groups -OCH3 is 3. The van der Waals surface area contributed by atoms with E-state index in [4.69, 9.17) is 14.2 Å². The van der Waals surface area contributed by atoms with E-state index in [9.17, 15) is 4.79 Å². The fraction of sp³-hybridized carbons (Fsp3) is 0.250. The van der Waals surface area contributed by atoms with Gasteiger partial charge in [-0.3, -0.25) is 4.79 Å². The first kappa shape index (κ1) is 19.8. The molecule has 0 heterocycles. The van der Waals surface area contributed by atoms with Crippen molar-refractivity contribution in [1.29, 1.82) is 0 Å². The summed E-state index contributed by atoms with van der Waals surface area (Å²) in [7, 11) is 8.52. The van der Waals surface area contributed by atoms with Gasteiger partial charge in [-0.15, -0.1) is 0 Å². The van der Waals surface area contributed by atoms with Crippen LogP contribution in [-0.2, 0) is 0 Å². The number of hydrogen-bond donors (Lipinski definition) is 0. The minimum absolute atomic E-state index is 0.180. The van der Waals surface area contributed by atoms with Crippen molar-refractivity contribution in [3.8, 4) is 17.2 Å². The van der Waals surface area contributed by atoms with Crippen molar-refractivity contribution in [2.45, 2.75) is 0 Å². The third-order valence-corrected chi connectivity index (χ3v) is 4.44. The molecule has 2 aromatic carbocycles. The number of carbonyl (C=O) groups is 1. The summed E-state index contributed by atoms with van der Waals surface area (Å²) in [5, 5.41) is 0. The number of rotatable bonds is 7. The molecule has 2 rings (SSSR count). The van der Waals surface area contributed by atoms with Gasteiger partial charge in [-0.25, -0.2) is 0 Å². The summed E-state index contributed by atoms with van der Waals surface area (Å²) in [6, 6.07) is 11.2. The van der Waals surface area contributed by atoms with Gasteiger partial charge >= 0.3 is 0 Å². The third kappa shape index (κ3) is 4.38. The molecule has 0 saturated heterocycles. The number of anilines is 1. The van der Waals surface area contributed by atoms with Gasteiger partial charge in [0.2, 0.25) is 5.75 Å². The fourth-order valence-corrected chi connectivity index (χ4v) is 2.92. The Morgan fingerprint density at radius 2 is 1.50 bits per heavy atom. The van der Waals surface area contributed by atoms with Crippen LogP contribution in [0.5, 0.6) is 17.2 Å². The van der Waals surface area contributed by atoms with E-state index in [1.165, 1.54) is 21.3 Å². The van der Waals surface area contributed by atoms with E-state index in [0.717, 1.165) is 11.3 Å². The maximum absolute atomic E-state index is 12.8. The Hall–Kier alpha value is -2.47. The molecule has 0 aliphatic heterocycles. The van der Waals surface area contributed by atoms with Crippen LogP contribution in [0.25, 0.3) is 6.08 Å². The van der Waals surface area contributed by atoms with Gasteiger partial charge in [-0.1, -0.05) is 12.1 Å². The molecule has 0 bridgehead atoms. The van der Waals surface area contributed by atoms with E-state index < -0.39 is 0 Å². The average Bonchev–Trinajstić information content (AvgIpc) is 2.66. The van der Waals surface area contributed by atoms with Gasteiger partial charge in [-0.05, 0) is 51.8 Å². The second-order valence-electron chi connectivity index (χ2n) is 5.72. The molecule has 0 saturated carbocycles. The zero-order valence-electron chi connectivity index (χ0n) is 15.5. The average molecular weight is 420 g/mol. The van der Waals surface area contributed by atoms with Crippen LogP contribution in [0.3, 0.4) is 0 Å². The highest BCUT2D eigenvalue weighted by Crippen LogP contribution is 2.39. The van der Waals surface area contributed by atoms with Crippen molar-refractivity contribution in [1.82, 2.24) is 0 Å². The van der Waals surface area contributed by atoms with Crippen LogP contribution < -0.4 is 19.1 Å². The van der Waals surface area contributed by atoms with Crippen molar-refractivity contribution < 1.29 is 19.0 Å². The van der Waals surface area contributed by atoms with Crippen LogP contribution in [0.2, 0.25) is 0 Å². The van der Waals surface area contributed by atoms with Crippen molar-refractivity contribution in [3.05, 3.63) is 52.0 Å². The summed E-state index contributed by atoms with van der Waals surface area (Å²) in [5.41, 5.74) is 2.45. The summed E-state index contributed by atoms with van der Waals surface area (Å²) < 4.78 is 16.3. The Bertz CT molecular complexity index is 788. The molecule has 26 heavy (non-hydrogen) atoms. The van der Waals surface area contributed by atoms with E-state index in [2.05, 4.69) is 15.9 Å². The highest BCUT2D eigenvalue weighted by molar-refractivity contribution is 9.12. The van der Waals surface area contributed by atoms with Crippen molar-refractivity contribution >= 4 is 33.5 Å². The van der Waals surface area contributed by atoms with Crippen LogP contribution in [0, 0.1) is 0 Å². The molecule has 0 N–H and O–H groups in total. The lowest BCUT2D eigenvalue weighted by molar-refractivity contribution is 0.104.